The summed E-state index contributed by atoms with van der Waals surface area (Å²) in [5, 5.41) is 8.75. The van der Waals surface area contributed by atoms with Gasteiger partial charge in [-0.3, -0.25) is 9.59 Å². The van der Waals surface area contributed by atoms with Crippen molar-refractivity contribution in [2.45, 2.75) is 180 Å². The van der Waals surface area contributed by atoms with Crippen molar-refractivity contribution in [2.24, 2.45) is 0 Å². The predicted octanol–water partition coefficient (Wildman–Crippen LogP) is 10.3. The second-order valence-corrected chi connectivity index (χ2v) is 10.6. The minimum Gasteiger partial charge on any atom is -0.481 e. The highest BCUT2D eigenvalue weighted by Crippen LogP contribution is 2.17. The smallest absolute Gasteiger partial charge is 0.306 e. The number of ether oxygens (including phenoxy) is 1. The van der Waals surface area contributed by atoms with Gasteiger partial charge in [-0.1, -0.05) is 109 Å². The number of aliphatic carboxylic acids is 1. The maximum atomic E-state index is 12.3. The van der Waals surface area contributed by atoms with E-state index in [1.807, 2.05) is 0 Å². The van der Waals surface area contributed by atoms with Gasteiger partial charge in [-0.05, 0) is 64.2 Å². The lowest BCUT2D eigenvalue weighted by Gasteiger charge is -2.18. The van der Waals surface area contributed by atoms with Gasteiger partial charge in [0.1, 0.15) is 6.10 Å². The lowest BCUT2D eigenvalue weighted by atomic mass is 10.0. The van der Waals surface area contributed by atoms with Gasteiger partial charge >= 0.3 is 11.9 Å². The number of hydrogen-bond donors (Lipinski definition) is 1. The first-order valence-electron chi connectivity index (χ1n) is 15.7. The molecular formula is C32H60O4. The molecule has 1 N–H and O–H groups in total. The Labute approximate surface area is 224 Å². The molecule has 0 aliphatic carbocycles. The molecule has 0 amide bonds. The summed E-state index contributed by atoms with van der Waals surface area (Å²) >= 11 is 0. The van der Waals surface area contributed by atoms with E-state index in [0.29, 0.717) is 12.8 Å². The Kier molecular flexibility index (Phi) is 27.2. The largest absolute Gasteiger partial charge is 0.481 e. The number of esters is 1. The van der Waals surface area contributed by atoms with Crippen LogP contribution in [0, 0.1) is 0 Å². The van der Waals surface area contributed by atoms with E-state index < -0.39 is 5.97 Å². The summed E-state index contributed by atoms with van der Waals surface area (Å²) in [6.07, 6.45) is 32.5. The number of carboxylic acid groups (broad SMARTS) is 1. The Morgan fingerprint density at radius 1 is 0.583 bits per heavy atom. The minimum absolute atomic E-state index is 0.00808. The van der Waals surface area contributed by atoms with Crippen LogP contribution >= 0.6 is 0 Å². The van der Waals surface area contributed by atoms with Gasteiger partial charge in [-0.2, -0.15) is 0 Å². The molecule has 4 heteroatoms. The van der Waals surface area contributed by atoms with E-state index in [1.54, 1.807) is 0 Å². The molecule has 1 unspecified atom stereocenters. The van der Waals surface area contributed by atoms with Gasteiger partial charge in [0.2, 0.25) is 0 Å². The normalized spacial score (nSPS) is 12.3. The first kappa shape index (κ1) is 34.7. The van der Waals surface area contributed by atoms with Crippen LogP contribution in [-0.4, -0.2) is 23.1 Å². The lowest BCUT2D eigenvalue weighted by molar-refractivity contribution is -0.150. The van der Waals surface area contributed by atoms with Gasteiger partial charge < -0.3 is 9.84 Å². The molecule has 0 fully saturated rings. The van der Waals surface area contributed by atoms with Crippen LogP contribution < -0.4 is 0 Å². The number of allylic oxidation sites excluding steroid dienone is 2. The van der Waals surface area contributed by atoms with Crippen molar-refractivity contribution in [1.82, 2.24) is 0 Å². The number of carbonyl (C=O) groups is 2. The highest BCUT2D eigenvalue weighted by Gasteiger charge is 2.14. The maximum absolute atomic E-state index is 12.3. The number of carboxylic acids is 1. The number of carbonyl (C=O) groups excluding carboxylic acids is 1. The van der Waals surface area contributed by atoms with Crippen molar-refractivity contribution in [2.75, 3.05) is 0 Å². The molecule has 0 aliphatic rings. The molecule has 0 spiro atoms. The molecule has 1 atom stereocenters. The third-order valence-electron chi connectivity index (χ3n) is 6.99. The van der Waals surface area contributed by atoms with Crippen molar-refractivity contribution in [3.8, 4) is 0 Å². The van der Waals surface area contributed by atoms with Gasteiger partial charge in [0, 0.05) is 12.8 Å². The molecule has 0 aromatic rings. The van der Waals surface area contributed by atoms with Crippen LogP contribution in [0.25, 0.3) is 0 Å². The summed E-state index contributed by atoms with van der Waals surface area (Å²) in [7, 11) is 0. The third-order valence-corrected chi connectivity index (χ3v) is 6.99. The predicted molar refractivity (Wildman–Crippen MR) is 153 cm³/mol. The zero-order valence-corrected chi connectivity index (χ0v) is 24.1. The summed E-state index contributed by atoms with van der Waals surface area (Å²) in [6.45, 7) is 4.45. The quantitative estimate of drug-likeness (QED) is 0.0648. The van der Waals surface area contributed by atoms with E-state index >= 15 is 0 Å². The third kappa shape index (κ3) is 27.3. The molecule has 0 heterocycles. The van der Waals surface area contributed by atoms with Crippen molar-refractivity contribution in [1.29, 1.82) is 0 Å². The molecule has 0 saturated carbocycles. The fourth-order valence-corrected chi connectivity index (χ4v) is 4.65. The zero-order valence-electron chi connectivity index (χ0n) is 24.1. The number of hydrogen-bond acceptors (Lipinski definition) is 3. The molecule has 212 valence electrons. The molecule has 4 nitrogen and oxygen atoms in total. The van der Waals surface area contributed by atoms with Crippen molar-refractivity contribution in [3.63, 3.8) is 0 Å². The van der Waals surface area contributed by atoms with E-state index in [4.69, 9.17) is 9.84 Å². The number of unbranched alkanes of at least 4 members (excludes halogenated alkanes) is 17. The maximum Gasteiger partial charge on any atom is 0.306 e. The molecule has 0 aliphatic heterocycles. The molecule has 0 saturated heterocycles. The van der Waals surface area contributed by atoms with E-state index in [2.05, 4.69) is 26.0 Å². The fourth-order valence-electron chi connectivity index (χ4n) is 4.65. The monoisotopic (exact) mass is 508 g/mol. The average Bonchev–Trinajstić information content (AvgIpc) is 2.85. The Morgan fingerprint density at radius 3 is 1.56 bits per heavy atom. The molecule has 0 radical (unpaired) electrons. The second kappa shape index (κ2) is 28.3. The van der Waals surface area contributed by atoms with Crippen LogP contribution in [-0.2, 0) is 14.3 Å². The van der Waals surface area contributed by atoms with Crippen molar-refractivity contribution < 1.29 is 19.4 Å². The average molecular weight is 509 g/mol. The van der Waals surface area contributed by atoms with Gasteiger partial charge in [0.05, 0.1) is 0 Å². The van der Waals surface area contributed by atoms with Gasteiger partial charge in [-0.25, -0.2) is 0 Å². The van der Waals surface area contributed by atoms with Gasteiger partial charge in [0.25, 0.3) is 0 Å². The Bertz CT molecular complexity index is 514. The molecule has 0 rings (SSSR count). The molecule has 0 aromatic heterocycles. The fraction of sp³-hybridized carbons (Fsp3) is 0.875. The van der Waals surface area contributed by atoms with Gasteiger partial charge in [-0.15, -0.1) is 0 Å². The molecule has 0 aromatic carbocycles. The van der Waals surface area contributed by atoms with Gasteiger partial charge in [0.15, 0.2) is 0 Å². The lowest BCUT2D eigenvalue weighted by Crippen LogP contribution is -2.18. The van der Waals surface area contributed by atoms with Crippen LogP contribution in [0.15, 0.2) is 12.2 Å². The van der Waals surface area contributed by atoms with Crippen LogP contribution in [0.2, 0.25) is 0 Å². The van der Waals surface area contributed by atoms with Crippen molar-refractivity contribution >= 4 is 11.9 Å². The molecular weight excluding hydrogens is 448 g/mol. The SMILES string of the molecule is CCCCCCCC/C=C\CCCCCCCCCC(=O)OC(CCCCC)CCCCCC(=O)O. The summed E-state index contributed by atoms with van der Waals surface area (Å²) in [6, 6.07) is 0. The standard InChI is InChI=1S/C32H60O4/c1-3-5-7-8-9-10-11-12-13-14-15-16-17-18-19-20-25-29-32(35)36-30(26-22-6-4-2)27-23-21-24-28-31(33)34/h12-13,30H,3-11,14-29H2,1-2H3,(H,33,34)/b13-12-. The minimum atomic E-state index is -0.729. The summed E-state index contributed by atoms with van der Waals surface area (Å²) in [4.78, 5) is 23.0. The van der Waals surface area contributed by atoms with E-state index in [9.17, 15) is 9.59 Å². The molecule has 0 bridgehead atoms. The van der Waals surface area contributed by atoms with E-state index in [0.717, 1.165) is 51.4 Å². The van der Waals surface area contributed by atoms with E-state index in [-0.39, 0.29) is 18.5 Å². The molecule has 36 heavy (non-hydrogen) atoms. The second-order valence-electron chi connectivity index (χ2n) is 10.6. The highest BCUT2D eigenvalue weighted by atomic mass is 16.5. The van der Waals surface area contributed by atoms with E-state index in [1.165, 1.54) is 89.9 Å². The van der Waals surface area contributed by atoms with Crippen LogP contribution in [0.3, 0.4) is 0 Å². The number of rotatable bonds is 28. The van der Waals surface area contributed by atoms with Crippen molar-refractivity contribution in [3.05, 3.63) is 12.2 Å². The Morgan fingerprint density at radius 2 is 1.00 bits per heavy atom. The topological polar surface area (TPSA) is 63.6 Å². The van der Waals surface area contributed by atoms with Crippen LogP contribution in [0.5, 0.6) is 0 Å². The summed E-state index contributed by atoms with van der Waals surface area (Å²) in [5.74, 6) is -0.776. The Hall–Kier alpha value is -1.32. The van der Waals surface area contributed by atoms with Crippen LogP contribution in [0.4, 0.5) is 0 Å². The zero-order chi connectivity index (χ0) is 26.5. The highest BCUT2D eigenvalue weighted by molar-refractivity contribution is 5.69. The summed E-state index contributed by atoms with van der Waals surface area (Å²) < 4.78 is 5.79. The Balaban J connectivity index is 3.66. The van der Waals surface area contributed by atoms with Crippen LogP contribution in [0.1, 0.15) is 174 Å². The summed E-state index contributed by atoms with van der Waals surface area (Å²) in [5.41, 5.74) is 0. The first-order chi connectivity index (χ1) is 17.6. The first-order valence-corrected chi connectivity index (χ1v) is 15.7.